The summed E-state index contributed by atoms with van der Waals surface area (Å²) < 4.78 is 6.23. The van der Waals surface area contributed by atoms with Gasteiger partial charge in [0.25, 0.3) is 0 Å². The molecule has 20 heteroatoms. The van der Waals surface area contributed by atoms with Crippen molar-refractivity contribution in [2.75, 3.05) is 52.4 Å². The zero-order valence-corrected chi connectivity index (χ0v) is 73.1. The summed E-state index contributed by atoms with van der Waals surface area (Å²) in [6.45, 7) is 15.3. The summed E-state index contributed by atoms with van der Waals surface area (Å²) in [6, 6.07) is 54.8. The molecule has 7 aromatic rings. The topological polar surface area (TPSA) is 281 Å². The van der Waals surface area contributed by atoms with Gasteiger partial charge in [0.15, 0.2) is 0 Å². The lowest BCUT2D eigenvalue weighted by Crippen LogP contribution is -2.75. The van der Waals surface area contributed by atoms with Crippen LogP contribution in [-0.2, 0) is 95.7 Å². The van der Waals surface area contributed by atoms with E-state index in [2.05, 4.69) is 90.6 Å². The Morgan fingerprint density at radius 3 is 1.06 bits per heavy atom. The molecule has 8 saturated carbocycles. The van der Waals surface area contributed by atoms with E-state index in [4.69, 9.17) is 4.74 Å². The molecule has 656 valence electrons. The Morgan fingerprint density at radius 2 is 0.728 bits per heavy atom. The lowest BCUT2D eigenvalue weighted by atomic mass is 9.48. The quantitative estimate of drug-likeness (QED) is 0.0225. The molecule has 4 saturated heterocycles. The Bertz CT molecular complexity index is 4980. The molecule has 15 atom stereocenters. The van der Waals surface area contributed by atoms with Gasteiger partial charge in [0.2, 0.25) is 23.5 Å². The van der Waals surface area contributed by atoms with Crippen LogP contribution in [0.5, 0.6) is 11.5 Å². The van der Waals surface area contributed by atoms with E-state index in [1.807, 2.05) is 115 Å². The first kappa shape index (κ1) is 84.0. The lowest BCUT2D eigenvalue weighted by molar-refractivity contribution is -0.200. The average molecular weight is 1690 g/mol. The van der Waals surface area contributed by atoms with E-state index in [-0.39, 0.29) is 107 Å². The van der Waals surface area contributed by atoms with Gasteiger partial charge in [0.05, 0.1) is 29.3 Å². The first-order valence-electron chi connectivity index (χ1n) is 47.2. The van der Waals surface area contributed by atoms with Crippen molar-refractivity contribution in [2.45, 2.75) is 263 Å². The lowest BCUT2D eigenvalue weighted by Gasteiger charge is -2.63. The third kappa shape index (κ3) is 14.9. The van der Waals surface area contributed by atoms with E-state index >= 15 is 0 Å². The van der Waals surface area contributed by atoms with E-state index in [1.54, 1.807) is 12.1 Å². The number of phenolic OH excluding ortho intramolecular Hbond substituents is 2. The smallest absolute Gasteiger partial charge is 0.338 e. The molecule has 0 radical (unpaired) electrons. The second-order valence-corrected chi connectivity index (χ2v) is 41.5. The van der Waals surface area contributed by atoms with E-state index in [0.29, 0.717) is 57.7 Å². The number of ether oxygens (including phenoxy) is 1. The van der Waals surface area contributed by atoms with Gasteiger partial charge in [-0.15, -0.1) is 0 Å². The Labute approximate surface area is 735 Å². The Morgan fingerprint density at radius 1 is 0.416 bits per heavy atom. The molecule has 12 aliphatic carbocycles. The number of ketones is 1. The number of likely N-dealkylation sites (tertiary alicyclic amines) is 4. The van der Waals surface area contributed by atoms with Gasteiger partial charge in [0.1, 0.15) is 17.1 Å². The van der Waals surface area contributed by atoms with Crippen molar-refractivity contribution >= 4 is 35.2 Å². The molecular formula is C105H125N9O11. The molecule has 8 bridgehead atoms. The first-order chi connectivity index (χ1) is 60.3. The molecule has 8 N–H and O–H groups in total. The fourth-order valence-corrected chi connectivity index (χ4v) is 27.2. The highest BCUT2D eigenvalue weighted by Crippen LogP contribution is 2.67. The van der Waals surface area contributed by atoms with Gasteiger partial charge < -0.3 is 51.8 Å². The van der Waals surface area contributed by atoms with Crippen LogP contribution in [0.1, 0.15) is 208 Å². The van der Waals surface area contributed by atoms with Crippen molar-refractivity contribution < 1.29 is 59.0 Å². The zero-order valence-electron chi connectivity index (χ0n) is 73.1. The van der Waals surface area contributed by atoms with Gasteiger partial charge in [-0.3, -0.25) is 43.6 Å². The first-order valence-corrected chi connectivity index (χ1v) is 47.2. The average Bonchev–Trinajstić information content (AvgIpc) is 1.33. The van der Waals surface area contributed by atoms with Crippen LogP contribution in [0.2, 0.25) is 0 Å². The number of nitrogens with zero attached hydrogens (tertiary/aromatic N) is 6. The highest BCUT2D eigenvalue weighted by Gasteiger charge is 2.74. The van der Waals surface area contributed by atoms with Crippen LogP contribution in [0.15, 0.2) is 164 Å². The van der Waals surface area contributed by atoms with Crippen molar-refractivity contribution in [3.8, 4) is 11.5 Å². The van der Waals surface area contributed by atoms with Crippen LogP contribution in [0.4, 0.5) is 0 Å². The highest BCUT2D eigenvalue weighted by atomic mass is 16.6. The van der Waals surface area contributed by atoms with Crippen LogP contribution in [-0.4, -0.2) is 184 Å². The molecule has 4 aliphatic heterocycles. The molecule has 125 heavy (non-hydrogen) atoms. The Balaban J connectivity index is 0.000000105. The summed E-state index contributed by atoms with van der Waals surface area (Å²) in [6.07, 6.45) is 21.0. The van der Waals surface area contributed by atoms with E-state index in [9.17, 15) is 55.0 Å². The minimum absolute atomic E-state index is 0.0131. The number of Topliss-reactive ketones (excluding diaryl/α,β-unsaturated/α-hetero) is 1. The van der Waals surface area contributed by atoms with Crippen molar-refractivity contribution in [1.82, 2.24) is 35.6 Å². The maximum Gasteiger partial charge on any atom is 0.338 e. The molecule has 20 nitrogen and oxygen atoms in total. The van der Waals surface area contributed by atoms with Crippen molar-refractivity contribution in [3.05, 3.63) is 242 Å². The minimum Gasteiger partial charge on any atom is -0.508 e. The van der Waals surface area contributed by atoms with Crippen molar-refractivity contribution in [3.63, 3.8) is 0 Å². The number of hydrogen-bond acceptors (Lipinski definition) is 15. The van der Waals surface area contributed by atoms with Crippen LogP contribution in [0.3, 0.4) is 0 Å². The van der Waals surface area contributed by atoms with Gasteiger partial charge in [-0.2, -0.15) is 4.79 Å². The number of carbonyl (C=O) groups is 5. The number of phenols is 2. The number of rotatable bonds is 18. The maximum atomic E-state index is 13.3. The monoisotopic (exact) mass is 1690 g/mol. The number of esters is 1. The van der Waals surface area contributed by atoms with Gasteiger partial charge in [-0.25, -0.2) is 0 Å². The van der Waals surface area contributed by atoms with E-state index in [1.165, 1.54) is 91.7 Å². The standard InChI is InChI=1S/C28H34N2O2.2C27H32N2O3.C23H27N3O3/c1-19-7-10-22-14-25-28(32)16-23(26(31)29-17-20-5-3-2-4-6-20)15-27(28,24(22)13-19)11-12-30(25)18-21-8-9-21;2*30-22-9-8-20-12-24-27(32)15-21(25(31)28-16-18-4-2-1-3-5-18)14-26(27,23(20)13-22)10-11-29(24)17-19-6-7-19;1-14-3-6-17-10-21-23(29-15(2)27)11-19(25-24)20(28)12-22(23,18(17)9-14)7-8-26(21)13-16-4-5-16/h2-7,10,13,21,23,25,32H,8-9,11-12,14-18H2,1H3,(H,29,31);2*1-5,8-9,13,19,21,24,30,32H,6-7,10-12,14-17H2,(H,28,31);3,6,9,16,21H,4-5,7-8,10-13H2,1-2H3/t23?,25-,27-,28-;21-,24+,26+,27+;21-,24-,26-,27-;21-,22-,23-/m1011/s1. The van der Waals surface area contributed by atoms with E-state index in [0.717, 1.165) is 167 Å². The molecule has 4 heterocycles. The molecule has 0 spiro atoms. The summed E-state index contributed by atoms with van der Waals surface area (Å²) in [4.78, 5) is 78.5. The SMILES string of the molecule is CC(=O)O[C@@]12CC(=[N+]=[N-])C(=O)C[C@@]13CCN(CC1CC1)[C@@H]2Cc1ccc(C)cc13.Cc1ccc2c(c1)[C@]13CCN(CC4CC4)[C@H](C2)[C@]1(O)CC(C(=O)NCc1ccccc1)C3.O=C(NCc1ccccc1)[C@@H]1C[C@]23CCN(CC4CC4)[C@H](Cc4ccc(O)cc42)[C@]3(O)C1.O=C(NCc1ccccc1)[C@H]1C[C@]23CCN(CC4CC4)[C@H](Cc4ccc(O)cc42)[C@]3(O)C1. The van der Waals surface area contributed by atoms with Crippen LogP contribution in [0, 0.1) is 55.3 Å². The fourth-order valence-electron chi connectivity index (χ4n) is 27.2. The summed E-state index contributed by atoms with van der Waals surface area (Å²) >= 11 is 0. The number of benzene rings is 7. The largest absolute Gasteiger partial charge is 0.508 e. The normalized spacial score (nSPS) is 33.4. The molecule has 3 amide bonds. The van der Waals surface area contributed by atoms with Crippen LogP contribution in [0.25, 0.3) is 5.53 Å². The number of hydrogen-bond donors (Lipinski definition) is 8. The predicted molar refractivity (Wildman–Crippen MR) is 476 cm³/mol. The van der Waals surface area contributed by atoms with Gasteiger partial charge in [-0.1, -0.05) is 151 Å². The number of amides is 3. The third-order valence-corrected chi connectivity index (χ3v) is 33.9. The van der Waals surface area contributed by atoms with Gasteiger partial charge in [0, 0.05) is 117 Å². The number of aromatic hydroxyl groups is 2. The number of nitrogens with one attached hydrogen (secondary N) is 3. The zero-order chi connectivity index (χ0) is 86.2. The third-order valence-electron chi connectivity index (χ3n) is 33.9. The molecule has 1 unspecified atom stereocenters. The van der Waals surface area contributed by atoms with Crippen LogP contribution < -0.4 is 16.0 Å². The second kappa shape index (κ2) is 32.5. The van der Waals surface area contributed by atoms with Crippen molar-refractivity contribution in [1.29, 1.82) is 0 Å². The maximum absolute atomic E-state index is 13.3. The Hall–Kier alpha value is -9.21. The highest BCUT2D eigenvalue weighted by molar-refractivity contribution is 6.39. The molecule has 16 aliphatic rings. The molecular weight excluding hydrogens is 1560 g/mol. The Kier molecular flexibility index (Phi) is 21.8. The summed E-state index contributed by atoms with van der Waals surface area (Å²) in [5, 5.41) is 67.0. The number of piperidine rings is 4. The predicted octanol–water partition coefficient (Wildman–Crippen LogP) is 12.6. The van der Waals surface area contributed by atoms with Crippen molar-refractivity contribution in [2.24, 2.45) is 41.4 Å². The van der Waals surface area contributed by atoms with Gasteiger partial charge in [-0.05, 0) is 290 Å². The summed E-state index contributed by atoms with van der Waals surface area (Å²) in [7, 11) is 0. The second-order valence-electron chi connectivity index (χ2n) is 41.5. The summed E-state index contributed by atoms with van der Waals surface area (Å²) in [5.74, 6) is 2.64. The number of fused-ring (bicyclic) bond motifs is 4. The molecule has 0 aromatic heterocycles. The number of aliphatic hydroxyl groups is 3. The van der Waals surface area contributed by atoms with Gasteiger partial charge >= 0.3 is 11.7 Å². The molecule has 23 rings (SSSR count). The summed E-state index contributed by atoms with van der Waals surface area (Å²) in [5.41, 5.74) is 19.7. The minimum atomic E-state index is -0.935. The van der Waals surface area contributed by atoms with Crippen LogP contribution >= 0.6 is 0 Å². The van der Waals surface area contributed by atoms with E-state index < -0.39 is 38.6 Å². The fraction of sp³-hybridized carbons (Fsp3) is 0.543. The number of aryl methyl sites for hydroxylation is 2. The molecule has 7 aromatic carbocycles. The molecule has 12 fully saturated rings. The number of carbonyl (C=O) groups excluding carboxylic acids is 5.